The number of hydrogen-bond donors (Lipinski definition) is 2. The second-order valence-corrected chi connectivity index (χ2v) is 12.7. The lowest BCUT2D eigenvalue weighted by molar-refractivity contribution is 0.0112. The SMILES string of the molecule is Cc1cccc(C)c1-c1cc2nc(n1)NS(=O)(=O)c1cccc(c1)C([C@H]1C[C@@H](O)C1)[C@H](CC(C)C)CO2. The Labute approximate surface area is 219 Å². The molecule has 2 aromatic carbocycles. The normalized spacial score (nSPS) is 24.7. The molecule has 3 aromatic rings. The van der Waals surface area contributed by atoms with Crippen LogP contribution in [0, 0.1) is 31.6 Å². The first-order valence-electron chi connectivity index (χ1n) is 13.0. The van der Waals surface area contributed by atoms with E-state index in [0.717, 1.165) is 28.7 Å². The van der Waals surface area contributed by atoms with Crippen LogP contribution in [0.4, 0.5) is 5.95 Å². The Morgan fingerprint density at radius 3 is 2.43 bits per heavy atom. The largest absolute Gasteiger partial charge is 0.477 e. The molecular formula is C29H35N3O4S. The summed E-state index contributed by atoms with van der Waals surface area (Å²) in [6.07, 6.45) is 2.03. The maximum Gasteiger partial charge on any atom is 0.264 e. The van der Waals surface area contributed by atoms with Crippen molar-refractivity contribution in [2.45, 2.75) is 63.9 Å². The first kappa shape index (κ1) is 25.7. The lowest BCUT2D eigenvalue weighted by Gasteiger charge is -2.42. The molecule has 0 radical (unpaired) electrons. The van der Waals surface area contributed by atoms with Gasteiger partial charge in [-0.3, -0.25) is 0 Å². The number of anilines is 1. The fourth-order valence-corrected chi connectivity index (χ4v) is 6.93. The molecule has 1 aromatic heterocycles. The van der Waals surface area contributed by atoms with E-state index in [1.807, 2.05) is 38.1 Å². The lowest BCUT2D eigenvalue weighted by atomic mass is 9.65. The molecule has 196 valence electrons. The molecule has 37 heavy (non-hydrogen) atoms. The van der Waals surface area contributed by atoms with Gasteiger partial charge in [0.2, 0.25) is 11.8 Å². The van der Waals surface area contributed by atoms with Crippen molar-refractivity contribution in [2.24, 2.45) is 17.8 Å². The number of aryl methyl sites for hydroxylation is 2. The van der Waals surface area contributed by atoms with Gasteiger partial charge in [0, 0.05) is 17.5 Å². The van der Waals surface area contributed by atoms with Gasteiger partial charge in [-0.15, -0.1) is 0 Å². The van der Waals surface area contributed by atoms with Gasteiger partial charge in [0.1, 0.15) is 0 Å². The van der Waals surface area contributed by atoms with E-state index in [-0.39, 0.29) is 34.7 Å². The highest BCUT2D eigenvalue weighted by atomic mass is 32.2. The van der Waals surface area contributed by atoms with E-state index in [4.69, 9.17) is 4.74 Å². The first-order chi connectivity index (χ1) is 17.6. The predicted octanol–water partition coefficient (Wildman–Crippen LogP) is 5.47. The molecule has 0 saturated heterocycles. The van der Waals surface area contributed by atoms with E-state index in [9.17, 15) is 13.5 Å². The van der Waals surface area contributed by atoms with Crippen LogP contribution in [-0.2, 0) is 10.0 Å². The number of aliphatic hydroxyl groups is 1. The standard InChI is InChI=1S/C29H35N3O4S/c1-17(2)11-22-16-36-26-15-25(27-18(3)7-5-8-19(27)4)30-29(31-26)32-37(34,35)24-10-6-9-20(14-24)28(22)21-12-23(33)13-21/h5-10,14-15,17,21-23,28,33H,11-13,16H2,1-4H3,(H,30,31,32)/t21-,22-,23+,28?/m1/s1. The summed E-state index contributed by atoms with van der Waals surface area (Å²) in [5, 5.41) is 10.1. The van der Waals surface area contributed by atoms with Gasteiger partial charge in [-0.2, -0.15) is 4.98 Å². The molecule has 1 aliphatic carbocycles. The van der Waals surface area contributed by atoms with Gasteiger partial charge in [0.15, 0.2) is 0 Å². The molecule has 2 atom stereocenters. The van der Waals surface area contributed by atoms with Gasteiger partial charge in [-0.25, -0.2) is 18.1 Å². The number of benzene rings is 2. The van der Waals surface area contributed by atoms with E-state index in [1.165, 1.54) is 0 Å². The van der Waals surface area contributed by atoms with Gasteiger partial charge < -0.3 is 9.84 Å². The van der Waals surface area contributed by atoms with Crippen molar-refractivity contribution in [3.05, 3.63) is 65.2 Å². The Morgan fingerprint density at radius 1 is 1.05 bits per heavy atom. The van der Waals surface area contributed by atoms with E-state index in [1.54, 1.807) is 24.3 Å². The first-order valence-corrected chi connectivity index (χ1v) is 14.5. The predicted molar refractivity (Wildman–Crippen MR) is 144 cm³/mol. The third kappa shape index (κ3) is 5.36. The van der Waals surface area contributed by atoms with Gasteiger partial charge in [-0.1, -0.05) is 44.2 Å². The van der Waals surface area contributed by atoms with Crippen molar-refractivity contribution >= 4 is 16.0 Å². The van der Waals surface area contributed by atoms with Crippen LogP contribution in [0.25, 0.3) is 11.3 Å². The van der Waals surface area contributed by atoms with E-state index in [0.29, 0.717) is 36.9 Å². The fourth-order valence-electron chi connectivity index (χ4n) is 5.93. The molecule has 8 heteroatoms. The van der Waals surface area contributed by atoms with Crippen LogP contribution in [-0.4, -0.2) is 36.2 Å². The van der Waals surface area contributed by atoms with Crippen LogP contribution in [0.15, 0.2) is 53.4 Å². The van der Waals surface area contributed by atoms with Gasteiger partial charge in [0.25, 0.3) is 10.0 Å². The Balaban J connectivity index is 1.65. The molecule has 4 bridgehead atoms. The highest BCUT2D eigenvalue weighted by molar-refractivity contribution is 7.92. The molecule has 0 spiro atoms. The van der Waals surface area contributed by atoms with Crippen molar-refractivity contribution in [2.75, 3.05) is 11.3 Å². The number of nitrogens with one attached hydrogen (secondary N) is 1. The van der Waals surface area contributed by atoms with Crippen LogP contribution in [0.5, 0.6) is 5.88 Å². The summed E-state index contributed by atoms with van der Waals surface area (Å²) in [6, 6.07) is 15.0. The molecular weight excluding hydrogens is 486 g/mol. The highest BCUT2D eigenvalue weighted by Crippen LogP contribution is 2.46. The van der Waals surface area contributed by atoms with Crippen LogP contribution in [0.2, 0.25) is 0 Å². The number of rotatable bonds is 4. The molecule has 2 N–H and O–H groups in total. The average Bonchev–Trinajstić information content (AvgIpc) is 2.80. The molecule has 5 rings (SSSR count). The third-order valence-electron chi connectivity index (χ3n) is 7.60. The van der Waals surface area contributed by atoms with Gasteiger partial charge in [-0.05, 0) is 79.7 Å². The molecule has 2 aliphatic rings. The second kappa shape index (κ2) is 10.1. The van der Waals surface area contributed by atoms with Crippen LogP contribution >= 0.6 is 0 Å². The summed E-state index contributed by atoms with van der Waals surface area (Å²) in [6.45, 7) is 8.84. The number of fused-ring (bicyclic) bond motifs is 4. The zero-order valence-electron chi connectivity index (χ0n) is 21.8. The molecule has 1 aliphatic heterocycles. The second-order valence-electron chi connectivity index (χ2n) is 11.0. The molecule has 1 saturated carbocycles. The van der Waals surface area contributed by atoms with Crippen molar-refractivity contribution < 1.29 is 18.3 Å². The lowest BCUT2D eigenvalue weighted by Crippen LogP contribution is -2.38. The monoisotopic (exact) mass is 521 g/mol. The van der Waals surface area contributed by atoms with Crippen LogP contribution in [0.3, 0.4) is 0 Å². The minimum absolute atomic E-state index is 0.0137. The molecule has 1 unspecified atom stereocenters. The van der Waals surface area contributed by atoms with Crippen molar-refractivity contribution in [1.29, 1.82) is 0 Å². The maximum atomic E-state index is 13.5. The number of ether oxygens (including phenoxy) is 1. The minimum Gasteiger partial charge on any atom is -0.477 e. The van der Waals surface area contributed by atoms with Crippen molar-refractivity contribution in [3.63, 3.8) is 0 Å². The summed E-state index contributed by atoms with van der Waals surface area (Å²) in [4.78, 5) is 9.23. The Morgan fingerprint density at radius 2 is 1.76 bits per heavy atom. The van der Waals surface area contributed by atoms with Crippen molar-refractivity contribution in [1.82, 2.24) is 9.97 Å². The Kier molecular flexibility index (Phi) is 6.98. The number of sulfonamides is 1. The van der Waals surface area contributed by atoms with Crippen molar-refractivity contribution in [3.8, 4) is 17.1 Å². The number of aliphatic hydroxyl groups excluding tert-OH is 1. The Bertz CT molecular complexity index is 1380. The van der Waals surface area contributed by atoms with E-state index in [2.05, 4.69) is 28.5 Å². The number of aromatic nitrogens is 2. The minimum atomic E-state index is -3.94. The summed E-state index contributed by atoms with van der Waals surface area (Å²) in [5.74, 6) is 1.22. The molecule has 7 nitrogen and oxygen atoms in total. The zero-order chi connectivity index (χ0) is 26.3. The highest BCUT2D eigenvalue weighted by Gasteiger charge is 2.40. The summed E-state index contributed by atoms with van der Waals surface area (Å²) in [5.41, 5.74) is 4.59. The average molecular weight is 522 g/mol. The molecule has 2 heterocycles. The summed E-state index contributed by atoms with van der Waals surface area (Å²) in [7, 11) is -3.94. The topological polar surface area (TPSA) is 101 Å². The number of hydrogen-bond acceptors (Lipinski definition) is 6. The smallest absolute Gasteiger partial charge is 0.264 e. The fraction of sp³-hybridized carbons (Fsp3) is 0.448. The summed E-state index contributed by atoms with van der Waals surface area (Å²) < 4.78 is 35.9. The zero-order valence-corrected chi connectivity index (χ0v) is 22.6. The van der Waals surface area contributed by atoms with Gasteiger partial charge >= 0.3 is 0 Å². The van der Waals surface area contributed by atoms with E-state index >= 15 is 0 Å². The Hall–Kier alpha value is -2.97. The third-order valence-corrected chi connectivity index (χ3v) is 8.93. The molecule has 0 amide bonds. The molecule has 1 fully saturated rings. The number of nitrogens with zero attached hydrogens (tertiary/aromatic N) is 2. The van der Waals surface area contributed by atoms with Gasteiger partial charge in [0.05, 0.1) is 23.3 Å². The van der Waals surface area contributed by atoms with Crippen LogP contribution < -0.4 is 9.46 Å². The maximum absolute atomic E-state index is 13.5. The van der Waals surface area contributed by atoms with Crippen LogP contribution in [0.1, 0.15) is 55.7 Å². The quantitative estimate of drug-likeness (QED) is 0.472. The summed E-state index contributed by atoms with van der Waals surface area (Å²) >= 11 is 0. The van der Waals surface area contributed by atoms with E-state index < -0.39 is 10.0 Å².